The summed E-state index contributed by atoms with van der Waals surface area (Å²) in [5.41, 5.74) is 5.44. The fourth-order valence-electron chi connectivity index (χ4n) is 2.28. The Morgan fingerprint density at radius 1 is 0.957 bits per heavy atom. The first kappa shape index (κ1) is 16.7. The summed E-state index contributed by atoms with van der Waals surface area (Å²) < 4.78 is 0. The van der Waals surface area contributed by atoms with Crippen LogP contribution in [0.2, 0.25) is 0 Å². The summed E-state index contributed by atoms with van der Waals surface area (Å²) in [4.78, 5) is 4.59. The minimum Gasteiger partial charge on any atom is -0.258 e. The third kappa shape index (κ3) is 5.23. The molecule has 0 aliphatic carbocycles. The molecule has 0 atom stereocenters. The lowest BCUT2D eigenvalue weighted by Gasteiger charge is -2.05. The SMILES string of the molecule is C=C(C/C=C\C=C/C)N=C(C)c1ccc(-c2ccccc2)cc1. The van der Waals surface area contributed by atoms with Gasteiger partial charge in [-0.25, -0.2) is 0 Å². The first-order valence-electron chi connectivity index (χ1n) is 7.87. The summed E-state index contributed by atoms with van der Waals surface area (Å²) in [5.74, 6) is 0. The third-order valence-corrected chi connectivity index (χ3v) is 3.53. The fraction of sp³-hybridized carbons (Fsp3) is 0.136. The van der Waals surface area contributed by atoms with E-state index in [0.717, 1.165) is 23.4 Å². The van der Waals surface area contributed by atoms with Crippen molar-refractivity contribution in [2.24, 2.45) is 4.99 Å². The predicted molar refractivity (Wildman–Crippen MR) is 102 cm³/mol. The molecule has 2 aromatic carbocycles. The molecule has 0 aliphatic rings. The van der Waals surface area contributed by atoms with Crippen LogP contribution in [0.1, 0.15) is 25.8 Å². The Morgan fingerprint density at radius 2 is 1.61 bits per heavy atom. The van der Waals surface area contributed by atoms with Gasteiger partial charge >= 0.3 is 0 Å². The average molecular weight is 301 g/mol. The van der Waals surface area contributed by atoms with Crippen molar-refractivity contribution < 1.29 is 0 Å². The van der Waals surface area contributed by atoms with Crippen molar-refractivity contribution >= 4 is 5.71 Å². The highest BCUT2D eigenvalue weighted by Crippen LogP contribution is 2.19. The van der Waals surface area contributed by atoms with E-state index in [4.69, 9.17) is 0 Å². The molecule has 1 heteroatoms. The summed E-state index contributed by atoms with van der Waals surface area (Å²) in [7, 11) is 0. The van der Waals surface area contributed by atoms with E-state index >= 15 is 0 Å². The lowest BCUT2D eigenvalue weighted by molar-refractivity contribution is 1.17. The van der Waals surface area contributed by atoms with Gasteiger partial charge in [-0.05, 0) is 30.5 Å². The largest absolute Gasteiger partial charge is 0.258 e. The number of hydrogen-bond donors (Lipinski definition) is 0. The van der Waals surface area contributed by atoms with Gasteiger partial charge in [0.2, 0.25) is 0 Å². The molecule has 0 unspecified atom stereocenters. The smallest absolute Gasteiger partial charge is 0.0448 e. The van der Waals surface area contributed by atoms with Crippen LogP contribution in [0, 0.1) is 0 Å². The Morgan fingerprint density at radius 3 is 2.26 bits per heavy atom. The zero-order chi connectivity index (χ0) is 16.5. The Balaban J connectivity index is 2.06. The molecule has 0 aliphatic heterocycles. The minimum absolute atomic E-state index is 0.768. The Hall–Kier alpha value is -2.67. The molecule has 2 rings (SSSR count). The van der Waals surface area contributed by atoms with E-state index in [1.165, 1.54) is 11.1 Å². The van der Waals surface area contributed by atoms with Crippen LogP contribution < -0.4 is 0 Å². The van der Waals surface area contributed by atoms with Crippen LogP contribution in [0.4, 0.5) is 0 Å². The fourth-order valence-corrected chi connectivity index (χ4v) is 2.28. The monoisotopic (exact) mass is 301 g/mol. The predicted octanol–water partition coefficient (Wildman–Crippen LogP) is 6.20. The summed E-state index contributed by atoms with van der Waals surface area (Å²) in [6.45, 7) is 8.05. The van der Waals surface area contributed by atoms with Crippen LogP contribution in [0.5, 0.6) is 0 Å². The van der Waals surface area contributed by atoms with E-state index in [2.05, 4.69) is 66.2 Å². The van der Waals surface area contributed by atoms with E-state index in [1.54, 1.807) is 0 Å². The maximum absolute atomic E-state index is 4.59. The molecule has 0 N–H and O–H groups in total. The molecule has 0 aromatic heterocycles. The van der Waals surface area contributed by atoms with Gasteiger partial charge in [0.1, 0.15) is 0 Å². The second-order valence-corrected chi connectivity index (χ2v) is 5.36. The van der Waals surface area contributed by atoms with Crippen molar-refractivity contribution in [3.8, 4) is 11.1 Å². The maximum atomic E-state index is 4.59. The first-order chi connectivity index (χ1) is 11.2. The van der Waals surface area contributed by atoms with Gasteiger partial charge in [-0.3, -0.25) is 4.99 Å². The molecule has 0 saturated heterocycles. The van der Waals surface area contributed by atoms with Crippen LogP contribution in [-0.2, 0) is 0 Å². The molecule has 0 saturated carbocycles. The molecule has 1 nitrogen and oxygen atoms in total. The van der Waals surface area contributed by atoms with E-state index in [-0.39, 0.29) is 0 Å². The highest BCUT2D eigenvalue weighted by molar-refractivity contribution is 5.99. The summed E-state index contributed by atoms with van der Waals surface area (Å²) in [5, 5.41) is 0. The van der Waals surface area contributed by atoms with Gasteiger partial charge in [0.05, 0.1) is 0 Å². The van der Waals surface area contributed by atoms with E-state index < -0.39 is 0 Å². The number of benzene rings is 2. The van der Waals surface area contributed by atoms with Gasteiger partial charge < -0.3 is 0 Å². The first-order valence-corrected chi connectivity index (χ1v) is 7.87. The van der Waals surface area contributed by atoms with E-state index in [9.17, 15) is 0 Å². The summed E-state index contributed by atoms with van der Waals surface area (Å²) in [6.07, 6.45) is 8.86. The van der Waals surface area contributed by atoms with E-state index in [0.29, 0.717) is 0 Å². The van der Waals surface area contributed by atoms with Crippen molar-refractivity contribution in [2.45, 2.75) is 20.3 Å². The molecule has 0 spiro atoms. The number of allylic oxidation sites excluding steroid dienone is 4. The molecule has 0 amide bonds. The minimum atomic E-state index is 0.768. The van der Waals surface area contributed by atoms with Gasteiger partial charge in [-0.1, -0.05) is 85.5 Å². The summed E-state index contributed by atoms with van der Waals surface area (Å²) >= 11 is 0. The van der Waals surface area contributed by atoms with Crippen molar-refractivity contribution in [1.82, 2.24) is 0 Å². The highest BCUT2D eigenvalue weighted by atomic mass is 14.7. The number of aliphatic imine (C=N–C) groups is 1. The standard InChI is InChI=1S/C22H23N/c1-4-5-6-8-11-18(2)23-19(3)20-14-16-22(17-15-20)21-12-9-7-10-13-21/h4-10,12-17H,2,11H2,1,3H3/b5-4-,8-6-,23-19?. The van der Waals surface area contributed by atoms with Gasteiger partial charge in [-0.15, -0.1) is 0 Å². The molecular weight excluding hydrogens is 278 g/mol. The Labute approximate surface area is 139 Å². The second kappa shape index (κ2) is 8.70. The van der Waals surface area contributed by atoms with Crippen LogP contribution >= 0.6 is 0 Å². The van der Waals surface area contributed by atoms with Crippen molar-refractivity contribution in [3.05, 3.63) is 96.7 Å². The quantitative estimate of drug-likeness (QED) is 0.445. The zero-order valence-corrected chi connectivity index (χ0v) is 13.9. The molecule has 0 bridgehead atoms. The van der Waals surface area contributed by atoms with Gasteiger partial charge in [0, 0.05) is 17.8 Å². The van der Waals surface area contributed by atoms with Crippen molar-refractivity contribution in [2.75, 3.05) is 0 Å². The molecule has 23 heavy (non-hydrogen) atoms. The lowest BCUT2D eigenvalue weighted by Crippen LogP contribution is -1.95. The normalized spacial score (nSPS) is 12.2. The Kier molecular flexibility index (Phi) is 6.31. The Bertz CT molecular complexity index is 716. The zero-order valence-electron chi connectivity index (χ0n) is 13.9. The van der Waals surface area contributed by atoms with Crippen LogP contribution in [0.3, 0.4) is 0 Å². The van der Waals surface area contributed by atoms with Crippen molar-refractivity contribution in [3.63, 3.8) is 0 Å². The topological polar surface area (TPSA) is 12.4 Å². The van der Waals surface area contributed by atoms with Gasteiger partial charge in [0.25, 0.3) is 0 Å². The third-order valence-electron chi connectivity index (χ3n) is 3.53. The summed E-state index contributed by atoms with van der Waals surface area (Å²) in [6, 6.07) is 18.9. The highest BCUT2D eigenvalue weighted by Gasteiger charge is 2.00. The molecule has 0 heterocycles. The molecule has 0 radical (unpaired) electrons. The maximum Gasteiger partial charge on any atom is 0.0448 e. The van der Waals surface area contributed by atoms with Crippen LogP contribution in [0.25, 0.3) is 11.1 Å². The number of rotatable bonds is 6. The van der Waals surface area contributed by atoms with Crippen molar-refractivity contribution in [1.29, 1.82) is 0 Å². The average Bonchev–Trinajstić information content (AvgIpc) is 2.59. The second-order valence-electron chi connectivity index (χ2n) is 5.36. The number of nitrogens with zero attached hydrogens (tertiary/aromatic N) is 1. The number of hydrogen-bond acceptors (Lipinski definition) is 1. The van der Waals surface area contributed by atoms with Gasteiger partial charge in [-0.2, -0.15) is 0 Å². The molecule has 116 valence electrons. The van der Waals surface area contributed by atoms with Crippen LogP contribution in [0.15, 0.2) is 96.2 Å². The molecular formula is C22H23N. The molecule has 2 aromatic rings. The van der Waals surface area contributed by atoms with Gasteiger partial charge in [0.15, 0.2) is 0 Å². The van der Waals surface area contributed by atoms with E-state index in [1.807, 2.05) is 38.1 Å². The molecule has 0 fully saturated rings. The van der Waals surface area contributed by atoms with Crippen LogP contribution in [-0.4, -0.2) is 5.71 Å². The lowest BCUT2D eigenvalue weighted by atomic mass is 10.0.